The summed E-state index contributed by atoms with van der Waals surface area (Å²) in [4.78, 5) is 0.934. The second-order valence-electron chi connectivity index (χ2n) is 4.10. The van der Waals surface area contributed by atoms with E-state index in [9.17, 15) is 4.39 Å². The maximum atomic E-state index is 13.7. The molecule has 2 N–H and O–H groups in total. The molecule has 84 valence electrons. The molecule has 0 saturated heterocycles. The molecule has 0 radical (unpaired) electrons. The fourth-order valence-electron chi connectivity index (χ4n) is 1.13. The van der Waals surface area contributed by atoms with Crippen LogP contribution < -0.4 is 5.73 Å². The van der Waals surface area contributed by atoms with Crippen molar-refractivity contribution in [3.05, 3.63) is 29.8 Å². The molecule has 0 aliphatic carbocycles. The minimum absolute atomic E-state index is 0.165. The summed E-state index contributed by atoms with van der Waals surface area (Å²) in [6.07, 6.45) is 0. The van der Waals surface area contributed by atoms with Gasteiger partial charge in [0.2, 0.25) is 0 Å². The highest BCUT2D eigenvalue weighted by Gasteiger charge is 2.20. The Morgan fingerprint density at radius 3 is 2.20 bits per heavy atom. The number of benzene rings is 1. The van der Waals surface area contributed by atoms with Crippen molar-refractivity contribution in [3.8, 4) is 0 Å². The highest BCUT2D eigenvalue weighted by molar-refractivity contribution is 7.99. The van der Waals surface area contributed by atoms with Crippen LogP contribution in [0.2, 0.25) is 0 Å². The second-order valence-corrected chi connectivity index (χ2v) is 5.26. The van der Waals surface area contributed by atoms with Crippen LogP contribution in [0.3, 0.4) is 0 Å². The van der Waals surface area contributed by atoms with Gasteiger partial charge in [-0.1, -0.05) is 43.3 Å². The number of aryl methyl sites for hydroxylation is 1. The molecule has 2 unspecified atom stereocenters. The van der Waals surface area contributed by atoms with Gasteiger partial charge in [0.05, 0.1) is 0 Å². The van der Waals surface area contributed by atoms with Gasteiger partial charge in [-0.2, -0.15) is 0 Å². The fraction of sp³-hybridized carbons (Fsp3) is 0.500. The Labute approximate surface area is 95.2 Å². The summed E-state index contributed by atoms with van der Waals surface area (Å²) in [6.45, 7) is 5.89. The molecule has 0 bridgehead atoms. The summed E-state index contributed by atoms with van der Waals surface area (Å²) >= 11 is 1.20. The van der Waals surface area contributed by atoms with Gasteiger partial charge in [0, 0.05) is 10.9 Å². The lowest BCUT2D eigenvalue weighted by Crippen LogP contribution is -2.34. The third-order valence-corrected chi connectivity index (χ3v) is 3.43. The van der Waals surface area contributed by atoms with Crippen LogP contribution in [0, 0.1) is 12.8 Å². The highest BCUT2D eigenvalue weighted by atomic mass is 32.2. The molecule has 1 nitrogen and oxygen atoms in total. The van der Waals surface area contributed by atoms with Gasteiger partial charge in [-0.3, -0.25) is 0 Å². The minimum atomic E-state index is -1.03. The number of halogens is 1. The van der Waals surface area contributed by atoms with Gasteiger partial charge in [-0.15, -0.1) is 0 Å². The molecule has 0 amide bonds. The number of thioether (sulfide) groups is 1. The Kier molecular flexibility index (Phi) is 4.61. The van der Waals surface area contributed by atoms with Crippen molar-refractivity contribution in [2.45, 2.75) is 37.2 Å². The molecule has 1 aromatic rings. The average Bonchev–Trinajstić information content (AvgIpc) is 2.20. The Balaban J connectivity index is 2.58. The van der Waals surface area contributed by atoms with E-state index in [1.165, 1.54) is 17.3 Å². The maximum Gasteiger partial charge on any atom is 0.165 e. The summed E-state index contributed by atoms with van der Waals surface area (Å²) in [5.74, 6) is 0.165. The quantitative estimate of drug-likeness (QED) is 0.798. The molecule has 1 rings (SSSR count). The van der Waals surface area contributed by atoms with E-state index in [1.54, 1.807) is 0 Å². The standard InChI is InChI=1S/C12H18FNS/c1-8(2)11(14)12(13)15-10-6-4-9(3)5-7-10/h4-8,11-12H,14H2,1-3H3. The summed E-state index contributed by atoms with van der Waals surface area (Å²) in [5, 5.41) is 0. The zero-order chi connectivity index (χ0) is 11.4. The van der Waals surface area contributed by atoms with Crippen molar-refractivity contribution in [1.82, 2.24) is 0 Å². The van der Waals surface area contributed by atoms with E-state index >= 15 is 0 Å². The molecular weight excluding hydrogens is 209 g/mol. The lowest BCUT2D eigenvalue weighted by Gasteiger charge is -2.19. The van der Waals surface area contributed by atoms with Gasteiger partial charge < -0.3 is 5.73 Å². The summed E-state index contributed by atoms with van der Waals surface area (Å²) in [7, 11) is 0. The monoisotopic (exact) mass is 227 g/mol. The van der Waals surface area contributed by atoms with E-state index in [-0.39, 0.29) is 5.92 Å². The third-order valence-electron chi connectivity index (χ3n) is 2.34. The van der Waals surface area contributed by atoms with Crippen LogP contribution >= 0.6 is 11.8 Å². The molecule has 0 saturated carbocycles. The van der Waals surface area contributed by atoms with Crippen LogP contribution in [0.5, 0.6) is 0 Å². The van der Waals surface area contributed by atoms with E-state index in [4.69, 9.17) is 5.73 Å². The lowest BCUT2D eigenvalue weighted by molar-refractivity contribution is 0.332. The van der Waals surface area contributed by atoms with E-state index in [1.807, 2.05) is 45.0 Å². The van der Waals surface area contributed by atoms with Crippen molar-refractivity contribution < 1.29 is 4.39 Å². The zero-order valence-corrected chi connectivity index (χ0v) is 10.2. The topological polar surface area (TPSA) is 26.0 Å². The smallest absolute Gasteiger partial charge is 0.165 e. The van der Waals surface area contributed by atoms with Crippen molar-refractivity contribution in [3.63, 3.8) is 0 Å². The van der Waals surface area contributed by atoms with Crippen molar-refractivity contribution in [1.29, 1.82) is 0 Å². The largest absolute Gasteiger partial charge is 0.324 e. The van der Waals surface area contributed by atoms with Gasteiger partial charge in [0.1, 0.15) is 0 Å². The minimum Gasteiger partial charge on any atom is -0.324 e. The summed E-state index contributed by atoms with van der Waals surface area (Å²) < 4.78 is 13.7. The predicted octanol–water partition coefficient (Wildman–Crippen LogP) is 3.37. The number of alkyl halides is 1. The number of hydrogen-bond donors (Lipinski definition) is 1. The SMILES string of the molecule is Cc1ccc(SC(F)C(N)C(C)C)cc1. The fourth-order valence-corrected chi connectivity index (χ4v) is 2.15. The van der Waals surface area contributed by atoms with Crippen LogP contribution in [0.1, 0.15) is 19.4 Å². The van der Waals surface area contributed by atoms with E-state index < -0.39 is 11.5 Å². The maximum absolute atomic E-state index is 13.7. The van der Waals surface area contributed by atoms with Gasteiger partial charge in [0.25, 0.3) is 0 Å². The Morgan fingerprint density at radius 1 is 1.20 bits per heavy atom. The van der Waals surface area contributed by atoms with Gasteiger partial charge in [-0.05, 0) is 25.0 Å². The van der Waals surface area contributed by atoms with Crippen LogP contribution in [-0.2, 0) is 0 Å². The highest BCUT2D eigenvalue weighted by Crippen LogP contribution is 2.28. The molecule has 0 aromatic heterocycles. The Morgan fingerprint density at radius 2 is 1.73 bits per heavy atom. The number of nitrogens with two attached hydrogens (primary N) is 1. The molecule has 0 aliphatic heterocycles. The van der Waals surface area contributed by atoms with Crippen LogP contribution in [0.25, 0.3) is 0 Å². The second kappa shape index (κ2) is 5.52. The Hall–Kier alpha value is -0.540. The normalized spacial score (nSPS) is 15.3. The average molecular weight is 227 g/mol. The molecule has 3 heteroatoms. The first kappa shape index (κ1) is 12.5. The molecule has 0 spiro atoms. The van der Waals surface area contributed by atoms with E-state index in [0.717, 1.165) is 4.90 Å². The first-order chi connectivity index (χ1) is 7.00. The van der Waals surface area contributed by atoms with Gasteiger partial charge in [0.15, 0.2) is 5.50 Å². The Bertz CT molecular complexity index is 297. The predicted molar refractivity (Wildman–Crippen MR) is 64.7 cm³/mol. The number of hydrogen-bond acceptors (Lipinski definition) is 2. The molecule has 2 atom stereocenters. The van der Waals surface area contributed by atoms with E-state index in [2.05, 4.69) is 0 Å². The zero-order valence-electron chi connectivity index (χ0n) is 9.41. The van der Waals surface area contributed by atoms with E-state index in [0.29, 0.717) is 0 Å². The molecule has 0 aliphatic rings. The molecule has 15 heavy (non-hydrogen) atoms. The lowest BCUT2D eigenvalue weighted by atomic mass is 10.1. The van der Waals surface area contributed by atoms with Crippen molar-refractivity contribution in [2.24, 2.45) is 11.7 Å². The molecular formula is C12H18FNS. The first-order valence-electron chi connectivity index (χ1n) is 5.13. The third kappa shape index (κ3) is 3.84. The van der Waals surface area contributed by atoms with Crippen LogP contribution in [0.4, 0.5) is 4.39 Å². The number of rotatable bonds is 4. The van der Waals surface area contributed by atoms with Crippen molar-refractivity contribution in [2.75, 3.05) is 0 Å². The van der Waals surface area contributed by atoms with Crippen LogP contribution in [-0.4, -0.2) is 11.5 Å². The summed E-state index contributed by atoms with van der Waals surface area (Å²) in [6, 6.07) is 7.42. The molecule has 1 aromatic carbocycles. The first-order valence-corrected chi connectivity index (χ1v) is 6.01. The van der Waals surface area contributed by atoms with Crippen molar-refractivity contribution >= 4 is 11.8 Å². The van der Waals surface area contributed by atoms with Gasteiger partial charge in [-0.25, -0.2) is 4.39 Å². The van der Waals surface area contributed by atoms with Gasteiger partial charge >= 0.3 is 0 Å². The van der Waals surface area contributed by atoms with Crippen LogP contribution in [0.15, 0.2) is 29.2 Å². The summed E-state index contributed by atoms with van der Waals surface area (Å²) in [5.41, 5.74) is 5.89. The molecule has 0 fully saturated rings. The molecule has 0 heterocycles.